The van der Waals surface area contributed by atoms with E-state index < -0.39 is 0 Å². The van der Waals surface area contributed by atoms with Crippen LogP contribution in [0.3, 0.4) is 0 Å². The lowest BCUT2D eigenvalue weighted by Crippen LogP contribution is -2.00. The lowest BCUT2D eigenvalue weighted by molar-refractivity contribution is 1.07. The maximum atomic E-state index is 5.21. The molecule has 0 atom stereocenters. The summed E-state index contributed by atoms with van der Waals surface area (Å²) < 4.78 is 5.16. The molecule has 0 aliphatic carbocycles. The first kappa shape index (κ1) is 32.6. The van der Waals surface area contributed by atoms with Gasteiger partial charge in [0.15, 0.2) is 17.5 Å². The molecular formula is C51H31N3S2. The van der Waals surface area contributed by atoms with Gasteiger partial charge < -0.3 is 0 Å². The van der Waals surface area contributed by atoms with Gasteiger partial charge in [0.05, 0.1) is 0 Å². The molecule has 8 aromatic carbocycles. The third-order valence-electron chi connectivity index (χ3n) is 10.5. The summed E-state index contributed by atoms with van der Waals surface area (Å²) in [5.74, 6) is 1.91. The van der Waals surface area contributed by atoms with Crippen LogP contribution < -0.4 is 0 Å². The summed E-state index contributed by atoms with van der Waals surface area (Å²) in [5.41, 5.74) is 9.70. The minimum atomic E-state index is 0.635. The van der Waals surface area contributed by atoms with E-state index in [2.05, 4.69) is 182 Å². The largest absolute Gasteiger partial charge is 0.208 e. The molecule has 56 heavy (non-hydrogen) atoms. The van der Waals surface area contributed by atoms with E-state index in [4.69, 9.17) is 15.0 Å². The van der Waals surface area contributed by atoms with Crippen molar-refractivity contribution in [3.63, 3.8) is 0 Å². The van der Waals surface area contributed by atoms with Gasteiger partial charge in [-0.25, -0.2) is 15.0 Å². The minimum Gasteiger partial charge on any atom is -0.208 e. The van der Waals surface area contributed by atoms with E-state index in [9.17, 15) is 0 Å². The number of hydrogen-bond donors (Lipinski definition) is 0. The molecular weight excluding hydrogens is 719 g/mol. The molecule has 262 valence electrons. The predicted molar refractivity (Wildman–Crippen MR) is 238 cm³/mol. The highest BCUT2D eigenvalue weighted by Gasteiger charge is 2.16. The Morgan fingerprint density at radius 3 is 1.41 bits per heavy atom. The summed E-state index contributed by atoms with van der Waals surface area (Å²) in [6.07, 6.45) is 0. The first-order chi connectivity index (χ1) is 27.7. The van der Waals surface area contributed by atoms with Crippen LogP contribution in [0.4, 0.5) is 0 Å². The highest BCUT2D eigenvalue weighted by Crippen LogP contribution is 2.41. The van der Waals surface area contributed by atoms with E-state index in [0.29, 0.717) is 17.5 Å². The maximum Gasteiger partial charge on any atom is 0.164 e. The van der Waals surface area contributed by atoms with E-state index in [1.54, 1.807) is 0 Å². The van der Waals surface area contributed by atoms with Crippen LogP contribution in [0.2, 0.25) is 0 Å². The molecule has 0 unspecified atom stereocenters. The van der Waals surface area contributed by atoms with Crippen molar-refractivity contribution in [1.29, 1.82) is 0 Å². The minimum absolute atomic E-state index is 0.635. The van der Waals surface area contributed by atoms with Crippen LogP contribution >= 0.6 is 22.7 Å². The summed E-state index contributed by atoms with van der Waals surface area (Å²) in [6, 6.07) is 66.8. The molecule has 0 aliphatic heterocycles. The first-order valence-corrected chi connectivity index (χ1v) is 20.3. The van der Waals surface area contributed by atoms with E-state index in [1.807, 2.05) is 28.7 Å². The lowest BCUT2D eigenvalue weighted by Gasteiger charge is -2.12. The normalized spacial score (nSPS) is 11.6. The SMILES string of the molecule is c1ccc(-c2cccc(-c3nc(-c4cccc(-c5ccc6c(c5)sc5ccccc56)c4)nc(-c4cccc(-c5cccc6sc7ccccc7c56)c4)n3)c2)cc1. The Bertz CT molecular complexity index is 3270. The fraction of sp³-hybridized carbons (Fsp3) is 0. The van der Waals surface area contributed by atoms with Gasteiger partial charge >= 0.3 is 0 Å². The average molecular weight is 750 g/mol. The van der Waals surface area contributed by atoms with Crippen molar-refractivity contribution in [1.82, 2.24) is 15.0 Å². The lowest BCUT2D eigenvalue weighted by atomic mass is 9.98. The van der Waals surface area contributed by atoms with Crippen LogP contribution in [-0.2, 0) is 0 Å². The van der Waals surface area contributed by atoms with E-state index in [1.165, 1.54) is 51.5 Å². The van der Waals surface area contributed by atoms with Gasteiger partial charge in [-0.2, -0.15) is 0 Å². The van der Waals surface area contributed by atoms with Gasteiger partial charge in [0, 0.05) is 57.0 Å². The van der Waals surface area contributed by atoms with Crippen LogP contribution in [0.1, 0.15) is 0 Å². The number of aromatic nitrogens is 3. The molecule has 3 heterocycles. The Morgan fingerprint density at radius 2 is 0.714 bits per heavy atom. The van der Waals surface area contributed by atoms with Gasteiger partial charge in [0.2, 0.25) is 0 Å². The number of fused-ring (bicyclic) bond motifs is 6. The molecule has 0 spiro atoms. The highest BCUT2D eigenvalue weighted by molar-refractivity contribution is 7.26. The monoisotopic (exact) mass is 749 g/mol. The molecule has 11 aromatic rings. The summed E-state index contributed by atoms with van der Waals surface area (Å²) >= 11 is 3.68. The zero-order chi connectivity index (χ0) is 37.0. The number of benzene rings is 8. The molecule has 0 radical (unpaired) electrons. The van der Waals surface area contributed by atoms with Crippen molar-refractivity contribution in [2.45, 2.75) is 0 Å². The van der Waals surface area contributed by atoms with E-state index >= 15 is 0 Å². The number of hydrogen-bond acceptors (Lipinski definition) is 5. The Balaban J connectivity index is 1.06. The molecule has 0 amide bonds. The van der Waals surface area contributed by atoms with Crippen molar-refractivity contribution >= 4 is 63.0 Å². The third kappa shape index (κ3) is 5.77. The Kier molecular flexibility index (Phi) is 7.87. The fourth-order valence-corrected chi connectivity index (χ4v) is 10.1. The number of nitrogens with zero attached hydrogens (tertiary/aromatic N) is 3. The molecule has 0 fully saturated rings. The summed E-state index contributed by atoms with van der Waals surface area (Å²) in [4.78, 5) is 15.6. The number of rotatable bonds is 6. The summed E-state index contributed by atoms with van der Waals surface area (Å²) in [5, 5.41) is 5.16. The molecule has 0 bridgehead atoms. The molecule has 0 saturated carbocycles. The van der Waals surface area contributed by atoms with Crippen molar-refractivity contribution in [2.24, 2.45) is 0 Å². The van der Waals surface area contributed by atoms with Crippen molar-refractivity contribution in [3.8, 4) is 67.5 Å². The molecule has 0 N–H and O–H groups in total. The van der Waals surface area contributed by atoms with Crippen molar-refractivity contribution in [3.05, 3.63) is 188 Å². The average Bonchev–Trinajstić information content (AvgIpc) is 3.85. The van der Waals surface area contributed by atoms with Gasteiger partial charge in [0.25, 0.3) is 0 Å². The van der Waals surface area contributed by atoms with Crippen LogP contribution in [-0.4, -0.2) is 15.0 Å². The molecule has 0 aliphatic rings. The molecule has 3 aromatic heterocycles. The Morgan fingerprint density at radius 1 is 0.268 bits per heavy atom. The van der Waals surface area contributed by atoms with Crippen LogP contribution in [0.5, 0.6) is 0 Å². The Hall–Kier alpha value is -6.79. The highest BCUT2D eigenvalue weighted by atomic mass is 32.1. The zero-order valence-corrected chi connectivity index (χ0v) is 31.7. The summed E-state index contributed by atoms with van der Waals surface area (Å²) in [7, 11) is 0. The fourth-order valence-electron chi connectivity index (χ4n) is 7.82. The topological polar surface area (TPSA) is 38.7 Å². The van der Waals surface area contributed by atoms with Crippen molar-refractivity contribution < 1.29 is 0 Å². The van der Waals surface area contributed by atoms with E-state index in [-0.39, 0.29) is 0 Å². The second kappa shape index (κ2) is 13.5. The maximum absolute atomic E-state index is 5.21. The third-order valence-corrected chi connectivity index (χ3v) is 12.8. The standard InChI is InChI=1S/C51H31N3S2/c1-2-12-32(13-3-1)33-14-8-17-37(28-33)49-52-50(38-18-9-15-34(29-38)35-26-27-42-41-20-4-6-23-44(41)56-47(42)31-35)54-51(53-49)39-19-10-16-36(30-39)40-22-11-25-46-48(40)43-21-5-7-24-45(43)55-46/h1-31H. The Labute approximate surface area is 331 Å². The van der Waals surface area contributed by atoms with Crippen LogP contribution in [0.15, 0.2) is 188 Å². The molecule has 11 rings (SSSR count). The van der Waals surface area contributed by atoms with E-state index in [0.717, 1.165) is 38.9 Å². The second-order valence-corrected chi connectivity index (χ2v) is 16.2. The van der Waals surface area contributed by atoms with Gasteiger partial charge in [-0.3, -0.25) is 0 Å². The zero-order valence-electron chi connectivity index (χ0n) is 30.1. The molecule has 5 heteroatoms. The second-order valence-electron chi connectivity index (χ2n) is 14.0. The quantitative estimate of drug-likeness (QED) is 0.170. The van der Waals surface area contributed by atoms with Gasteiger partial charge in [-0.05, 0) is 75.8 Å². The molecule has 0 saturated heterocycles. The summed E-state index contributed by atoms with van der Waals surface area (Å²) in [6.45, 7) is 0. The van der Waals surface area contributed by atoms with Crippen molar-refractivity contribution in [2.75, 3.05) is 0 Å². The van der Waals surface area contributed by atoms with Crippen LogP contribution in [0, 0.1) is 0 Å². The van der Waals surface area contributed by atoms with Crippen LogP contribution in [0.25, 0.3) is 108 Å². The smallest absolute Gasteiger partial charge is 0.164 e. The van der Waals surface area contributed by atoms with Gasteiger partial charge in [0.1, 0.15) is 0 Å². The van der Waals surface area contributed by atoms with Gasteiger partial charge in [-0.15, -0.1) is 22.7 Å². The van der Waals surface area contributed by atoms with Gasteiger partial charge in [-0.1, -0.05) is 146 Å². The predicted octanol–water partition coefficient (Wildman–Crippen LogP) is 14.6. The first-order valence-electron chi connectivity index (χ1n) is 18.7. The molecule has 3 nitrogen and oxygen atoms in total. The number of thiophene rings is 2.